The molecule has 0 saturated carbocycles. The van der Waals surface area contributed by atoms with Gasteiger partial charge < -0.3 is 11.1 Å². The molecule has 3 aromatic rings. The number of aromatic nitrogens is 2. The van der Waals surface area contributed by atoms with E-state index in [1.165, 1.54) is 4.88 Å². The number of fused-ring (bicyclic) bond motifs is 1. The van der Waals surface area contributed by atoms with Crippen LogP contribution >= 0.6 is 11.3 Å². The van der Waals surface area contributed by atoms with Gasteiger partial charge in [-0.3, -0.25) is 5.10 Å². The summed E-state index contributed by atoms with van der Waals surface area (Å²) in [6.45, 7) is 4.42. The third kappa shape index (κ3) is 2.36. The number of nitrogen functional groups attached to an aromatic ring is 1. The molecule has 1 unspecified atom stereocenters. The molecule has 4 N–H and O–H groups in total. The third-order valence-electron chi connectivity index (χ3n) is 3.44. The van der Waals surface area contributed by atoms with Gasteiger partial charge in [-0.2, -0.15) is 5.10 Å². The SMILES string of the molecule is CC(C)C(Nc1cc2[nH]ncc2cc1N)c1cccs1. The van der Waals surface area contributed by atoms with Crippen LogP contribution in [-0.4, -0.2) is 10.2 Å². The van der Waals surface area contributed by atoms with Crippen molar-refractivity contribution in [2.24, 2.45) is 5.92 Å². The predicted octanol–water partition coefficient (Wildman–Crippen LogP) is 4.02. The number of anilines is 2. The molecule has 1 aromatic carbocycles. The smallest absolute Gasteiger partial charge is 0.0672 e. The lowest BCUT2D eigenvalue weighted by Gasteiger charge is -2.23. The molecule has 20 heavy (non-hydrogen) atoms. The van der Waals surface area contributed by atoms with Crippen LogP contribution in [0.15, 0.2) is 35.8 Å². The van der Waals surface area contributed by atoms with Crippen LogP contribution in [-0.2, 0) is 0 Å². The van der Waals surface area contributed by atoms with Crippen LogP contribution in [0.4, 0.5) is 11.4 Å². The van der Waals surface area contributed by atoms with E-state index in [9.17, 15) is 0 Å². The fourth-order valence-corrected chi connectivity index (χ4v) is 3.29. The fraction of sp³-hybridized carbons (Fsp3) is 0.267. The average Bonchev–Trinajstić information content (AvgIpc) is 3.05. The fourth-order valence-electron chi connectivity index (χ4n) is 2.34. The number of nitrogens with two attached hydrogens (primary N) is 1. The first kappa shape index (κ1) is 13.0. The van der Waals surface area contributed by atoms with Crippen LogP contribution in [0.25, 0.3) is 10.9 Å². The topological polar surface area (TPSA) is 66.7 Å². The largest absolute Gasteiger partial charge is 0.397 e. The quantitative estimate of drug-likeness (QED) is 0.635. The summed E-state index contributed by atoms with van der Waals surface area (Å²) in [6, 6.07) is 8.48. The minimum atomic E-state index is 0.262. The van der Waals surface area contributed by atoms with Gasteiger partial charge in [0.05, 0.1) is 29.1 Å². The van der Waals surface area contributed by atoms with E-state index in [4.69, 9.17) is 5.73 Å². The van der Waals surface area contributed by atoms with Gasteiger partial charge in [0.2, 0.25) is 0 Å². The lowest BCUT2D eigenvalue weighted by molar-refractivity contribution is 0.554. The van der Waals surface area contributed by atoms with Crippen molar-refractivity contribution in [2.45, 2.75) is 19.9 Å². The molecule has 2 aromatic heterocycles. The molecule has 0 aliphatic rings. The Balaban J connectivity index is 1.95. The zero-order valence-electron chi connectivity index (χ0n) is 11.6. The Bertz CT molecular complexity index is 700. The van der Waals surface area contributed by atoms with Crippen LogP contribution in [0, 0.1) is 5.92 Å². The first-order valence-electron chi connectivity index (χ1n) is 6.67. The minimum Gasteiger partial charge on any atom is -0.397 e. The summed E-state index contributed by atoms with van der Waals surface area (Å²) in [5.74, 6) is 0.477. The van der Waals surface area contributed by atoms with Crippen LogP contribution < -0.4 is 11.1 Å². The molecule has 0 spiro atoms. The molecular weight excluding hydrogens is 268 g/mol. The van der Waals surface area contributed by atoms with Gasteiger partial charge in [0.25, 0.3) is 0 Å². The Kier molecular flexibility index (Phi) is 3.36. The third-order valence-corrected chi connectivity index (χ3v) is 4.39. The number of rotatable bonds is 4. The van der Waals surface area contributed by atoms with Crippen molar-refractivity contribution < 1.29 is 0 Å². The summed E-state index contributed by atoms with van der Waals surface area (Å²) in [4.78, 5) is 1.32. The van der Waals surface area contributed by atoms with E-state index in [1.54, 1.807) is 17.5 Å². The number of benzene rings is 1. The molecule has 0 bridgehead atoms. The monoisotopic (exact) mass is 286 g/mol. The van der Waals surface area contributed by atoms with Crippen molar-refractivity contribution in [3.05, 3.63) is 40.7 Å². The molecule has 2 heterocycles. The van der Waals surface area contributed by atoms with Crippen molar-refractivity contribution in [1.29, 1.82) is 0 Å². The molecule has 0 saturated heterocycles. The van der Waals surface area contributed by atoms with E-state index in [-0.39, 0.29) is 6.04 Å². The number of nitrogens with zero attached hydrogens (tertiary/aromatic N) is 1. The zero-order chi connectivity index (χ0) is 14.1. The van der Waals surface area contributed by atoms with E-state index in [1.807, 2.05) is 12.1 Å². The summed E-state index contributed by atoms with van der Waals surface area (Å²) in [6.07, 6.45) is 1.79. The van der Waals surface area contributed by atoms with Crippen molar-refractivity contribution in [3.63, 3.8) is 0 Å². The van der Waals surface area contributed by atoms with Gasteiger partial charge in [-0.15, -0.1) is 11.3 Å². The number of aromatic amines is 1. The van der Waals surface area contributed by atoms with E-state index in [0.29, 0.717) is 5.92 Å². The molecular formula is C15H18N4S. The van der Waals surface area contributed by atoms with Crippen molar-refractivity contribution in [1.82, 2.24) is 10.2 Å². The second-order valence-electron chi connectivity index (χ2n) is 5.28. The van der Waals surface area contributed by atoms with Crippen LogP contribution in [0.1, 0.15) is 24.8 Å². The molecule has 3 rings (SSSR count). The zero-order valence-corrected chi connectivity index (χ0v) is 12.4. The van der Waals surface area contributed by atoms with Gasteiger partial charge in [0, 0.05) is 10.3 Å². The van der Waals surface area contributed by atoms with E-state index < -0.39 is 0 Å². The van der Waals surface area contributed by atoms with Gasteiger partial charge >= 0.3 is 0 Å². The molecule has 0 aliphatic carbocycles. The Morgan fingerprint density at radius 1 is 1.35 bits per heavy atom. The number of hydrogen-bond donors (Lipinski definition) is 3. The highest BCUT2D eigenvalue weighted by molar-refractivity contribution is 7.10. The van der Waals surface area contributed by atoms with Gasteiger partial charge in [0.1, 0.15) is 0 Å². The average molecular weight is 286 g/mol. The Morgan fingerprint density at radius 3 is 2.90 bits per heavy atom. The summed E-state index contributed by atoms with van der Waals surface area (Å²) in [5, 5.41) is 13.7. The van der Waals surface area contributed by atoms with Crippen LogP contribution in [0.2, 0.25) is 0 Å². The molecule has 5 heteroatoms. The molecule has 0 radical (unpaired) electrons. The summed E-state index contributed by atoms with van der Waals surface area (Å²) in [5.41, 5.74) is 8.85. The Labute approximate surface area is 122 Å². The van der Waals surface area contributed by atoms with Gasteiger partial charge in [-0.1, -0.05) is 19.9 Å². The number of nitrogens with one attached hydrogen (secondary N) is 2. The molecule has 0 aliphatic heterocycles. The standard InChI is InChI=1S/C15H18N4S/c1-9(2)15(14-4-3-5-20-14)18-13-7-12-10(6-11(13)16)8-17-19-12/h3-9,15,18H,16H2,1-2H3,(H,17,19). The van der Waals surface area contributed by atoms with Crippen molar-refractivity contribution in [2.75, 3.05) is 11.1 Å². The highest BCUT2D eigenvalue weighted by atomic mass is 32.1. The second kappa shape index (κ2) is 5.17. The van der Waals surface area contributed by atoms with Gasteiger partial charge in [-0.05, 0) is 29.5 Å². The molecule has 1 atom stereocenters. The first-order chi connectivity index (χ1) is 9.65. The first-order valence-corrected chi connectivity index (χ1v) is 7.55. The molecule has 0 amide bonds. The number of H-pyrrole nitrogens is 1. The predicted molar refractivity (Wildman–Crippen MR) is 86.0 cm³/mol. The summed E-state index contributed by atoms with van der Waals surface area (Å²) < 4.78 is 0. The second-order valence-corrected chi connectivity index (χ2v) is 6.26. The Morgan fingerprint density at radius 2 is 2.20 bits per heavy atom. The maximum absolute atomic E-state index is 6.15. The number of thiophene rings is 1. The van der Waals surface area contributed by atoms with Crippen LogP contribution in [0.5, 0.6) is 0 Å². The molecule has 4 nitrogen and oxygen atoms in total. The van der Waals surface area contributed by atoms with Crippen molar-refractivity contribution >= 4 is 33.6 Å². The molecule has 0 fully saturated rings. The lowest BCUT2D eigenvalue weighted by Crippen LogP contribution is -2.16. The highest BCUT2D eigenvalue weighted by Gasteiger charge is 2.18. The highest BCUT2D eigenvalue weighted by Crippen LogP contribution is 2.33. The van der Waals surface area contributed by atoms with Crippen molar-refractivity contribution in [3.8, 4) is 0 Å². The van der Waals surface area contributed by atoms with E-state index in [0.717, 1.165) is 22.3 Å². The Hall–Kier alpha value is -2.01. The van der Waals surface area contributed by atoms with Gasteiger partial charge in [-0.25, -0.2) is 0 Å². The number of hydrogen-bond acceptors (Lipinski definition) is 4. The summed E-state index contributed by atoms with van der Waals surface area (Å²) >= 11 is 1.77. The normalized spacial score (nSPS) is 12.9. The van der Waals surface area contributed by atoms with E-state index in [2.05, 4.69) is 46.9 Å². The van der Waals surface area contributed by atoms with Gasteiger partial charge in [0.15, 0.2) is 0 Å². The maximum Gasteiger partial charge on any atom is 0.0672 e. The minimum absolute atomic E-state index is 0.262. The summed E-state index contributed by atoms with van der Waals surface area (Å²) in [7, 11) is 0. The lowest BCUT2D eigenvalue weighted by atomic mass is 10.0. The van der Waals surface area contributed by atoms with Crippen LogP contribution in [0.3, 0.4) is 0 Å². The molecule has 104 valence electrons. The van der Waals surface area contributed by atoms with E-state index >= 15 is 0 Å². The maximum atomic E-state index is 6.15.